The molecule has 0 N–H and O–H groups in total. The third-order valence-electron chi connectivity index (χ3n) is 4.42. The smallest absolute Gasteiger partial charge is 0.280 e. The Morgan fingerprint density at radius 3 is 2.29 bits per heavy atom. The Bertz CT molecular complexity index is 903. The number of nitrogens with zero attached hydrogens (tertiary/aromatic N) is 3. The van der Waals surface area contributed by atoms with Crippen molar-refractivity contribution in [2.75, 3.05) is 34.8 Å². The summed E-state index contributed by atoms with van der Waals surface area (Å²) >= 11 is 18.0. The van der Waals surface area contributed by atoms with E-state index in [0.717, 1.165) is 24.3 Å². The number of hydrogen-bond donors (Lipinski definition) is 0. The lowest BCUT2D eigenvalue weighted by atomic mass is 10.1. The second kappa shape index (κ2) is 9.46. The fourth-order valence-electron chi connectivity index (χ4n) is 2.99. The van der Waals surface area contributed by atoms with Gasteiger partial charge in [-0.15, -0.1) is 23.2 Å². The summed E-state index contributed by atoms with van der Waals surface area (Å²) in [6, 6.07) is 15.1. The lowest BCUT2D eigenvalue weighted by Gasteiger charge is -2.22. The molecule has 1 aliphatic rings. The number of hydrazone groups is 1. The van der Waals surface area contributed by atoms with Crippen LogP contribution in [0.2, 0.25) is 5.02 Å². The standard InChI is InChI=1S/C21H20Cl3N3O/c1-15-18(21(28)27(25-15)20-5-3-2-4-19(20)24)14-16-6-8-17(9-7-16)26(12-10-22)13-11-23/h2-9,14H,10-13H2,1H3/b18-14-. The molecule has 0 aromatic heterocycles. The molecule has 0 atom stereocenters. The molecule has 1 amide bonds. The molecule has 0 saturated heterocycles. The quantitative estimate of drug-likeness (QED) is 0.428. The third-order valence-corrected chi connectivity index (χ3v) is 5.08. The first kappa shape index (κ1) is 20.7. The minimum Gasteiger partial charge on any atom is -0.369 e. The Morgan fingerprint density at radius 1 is 1.04 bits per heavy atom. The van der Waals surface area contributed by atoms with E-state index in [1.54, 1.807) is 12.1 Å². The number of para-hydroxylation sites is 1. The van der Waals surface area contributed by atoms with Crippen LogP contribution in [-0.4, -0.2) is 36.5 Å². The van der Waals surface area contributed by atoms with Crippen molar-refractivity contribution in [1.29, 1.82) is 0 Å². The van der Waals surface area contributed by atoms with E-state index in [2.05, 4.69) is 10.0 Å². The summed E-state index contributed by atoms with van der Waals surface area (Å²) in [4.78, 5) is 15.0. The van der Waals surface area contributed by atoms with E-state index < -0.39 is 0 Å². The number of halogens is 3. The molecule has 2 aromatic carbocycles. The van der Waals surface area contributed by atoms with Crippen LogP contribution in [0.15, 0.2) is 59.2 Å². The zero-order valence-electron chi connectivity index (χ0n) is 15.4. The highest BCUT2D eigenvalue weighted by molar-refractivity contribution is 6.37. The van der Waals surface area contributed by atoms with E-state index in [1.165, 1.54) is 5.01 Å². The summed E-state index contributed by atoms with van der Waals surface area (Å²) in [5.74, 6) is 0.871. The molecule has 1 aliphatic heterocycles. The maximum Gasteiger partial charge on any atom is 0.280 e. The van der Waals surface area contributed by atoms with Crippen molar-refractivity contribution in [3.8, 4) is 0 Å². The molecule has 28 heavy (non-hydrogen) atoms. The average Bonchev–Trinajstić information content (AvgIpc) is 2.97. The monoisotopic (exact) mass is 435 g/mol. The Morgan fingerprint density at radius 2 is 1.68 bits per heavy atom. The van der Waals surface area contributed by atoms with Gasteiger partial charge in [-0.1, -0.05) is 35.9 Å². The molecule has 0 aliphatic carbocycles. The highest BCUT2D eigenvalue weighted by Gasteiger charge is 2.29. The van der Waals surface area contributed by atoms with Crippen molar-refractivity contribution in [2.45, 2.75) is 6.92 Å². The van der Waals surface area contributed by atoms with Gasteiger partial charge in [-0.3, -0.25) is 4.79 Å². The van der Waals surface area contributed by atoms with Gasteiger partial charge in [0.15, 0.2) is 0 Å². The molecule has 0 spiro atoms. The molecular weight excluding hydrogens is 417 g/mol. The van der Waals surface area contributed by atoms with E-state index in [9.17, 15) is 4.79 Å². The number of carbonyl (C=O) groups excluding carboxylic acids is 1. The van der Waals surface area contributed by atoms with Crippen LogP contribution in [0.3, 0.4) is 0 Å². The van der Waals surface area contributed by atoms with E-state index in [4.69, 9.17) is 34.8 Å². The Hall–Kier alpha value is -2.01. The molecule has 0 radical (unpaired) electrons. The zero-order chi connectivity index (χ0) is 20.1. The summed E-state index contributed by atoms with van der Waals surface area (Å²) in [6.07, 6.45) is 1.84. The largest absolute Gasteiger partial charge is 0.369 e. The van der Waals surface area contributed by atoms with Gasteiger partial charge in [-0.25, -0.2) is 0 Å². The maximum absolute atomic E-state index is 12.9. The number of hydrogen-bond acceptors (Lipinski definition) is 3. The first-order chi connectivity index (χ1) is 13.5. The fraction of sp³-hybridized carbons (Fsp3) is 0.238. The van der Waals surface area contributed by atoms with E-state index in [0.29, 0.717) is 33.8 Å². The first-order valence-electron chi connectivity index (χ1n) is 8.88. The van der Waals surface area contributed by atoms with Gasteiger partial charge < -0.3 is 4.90 Å². The van der Waals surface area contributed by atoms with Crippen LogP contribution in [-0.2, 0) is 4.79 Å². The van der Waals surface area contributed by atoms with Crippen molar-refractivity contribution in [3.63, 3.8) is 0 Å². The fourth-order valence-corrected chi connectivity index (χ4v) is 3.62. The van der Waals surface area contributed by atoms with Crippen molar-refractivity contribution in [1.82, 2.24) is 0 Å². The maximum atomic E-state index is 12.9. The van der Waals surface area contributed by atoms with Gasteiger partial charge in [0.2, 0.25) is 0 Å². The summed E-state index contributed by atoms with van der Waals surface area (Å²) in [6.45, 7) is 3.27. The van der Waals surface area contributed by atoms with Crippen LogP contribution in [0.4, 0.5) is 11.4 Å². The lowest BCUT2D eigenvalue weighted by Crippen LogP contribution is -2.27. The van der Waals surface area contributed by atoms with Crippen molar-refractivity contribution in [2.24, 2.45) is 5.10 Å². The van der Waals surface area contributed by atoms with Crippen LogP contribution in [0.1, 0.15) is 12.5 Å². The number of rotatable bonds is 7. The van der Waals surface area contributed by atoms with Gasteiger partial charge >= 0.3 is 0 Å². The van der Waals surface area contributed by atoms with Crippen molar-refractivity contribution >= 4 is 63.9 Å². The highest BCUT2D eigenvalue weighted by atomic mass is 35.5. The topological polar surface area (TPSA) is 35.9 Å². The minimum atomic E-state index is -0.194. The number of alkyl halides is 2. The Labute approximate surface area is 180 Å². The SMILES string of the molecule is CC1=NN(c2ccccc2Cl)C(=O)/C1=C\c1ccc(N(CCCl)CCCl)cc1. The summed E-state index contributed by atoms with van der Waals surface area (Å²) in [5.41, 5.74) is 3.74. The third kappa shape index (κ3) is 4.52. The number of anilines is 2. The minimum absolute atomic E-state index is 0.194. The molecular formula is C21H20Cl3N3O. The zero-order valence-corrected chi connectivity index (χ0v) is 17.7. The van der Waals surface area contributed by atoms with Gasteiger partial charge in [-0.05, 0) is 42.8 Å². The molecule has 1 heterocycles. The Kier molecular flexibility index (Phi) is 7.00. The van der Waals surface area contributed by atoms with Crippen molar-refractivity contribution in [3.05, 3.63) is 64.7 Å². The number of amides is 1. The molecule has 7 heteroatoms. The van der Waals surface area contributed by atoms with Gasteiger partial charge in [0, 0.05) is 30.5 Å². The van der Waals surface area contributed by atoms with Gasteiger partial charge in [0.05, 0.1) is 22.0 Å². The van der Waals surface area contributed by atoms with Crippen LogP contribution < -0.4 is 9.91 Å². The Balaban J connectivity index is 1.83. The van der Waals surface area contributed by atoms with Gasteiger partial charge in [-0.2, -0.15) is 10.1 Å². The number of carbonyl (C=O) groups is 1. The molecule has 0 fully saturated rings. The van der Waals surface area contributed by atoms with Gasteiger partial charge in [0.1, 0.15) is 0 Å². The molecule has 3 rings (SSSR count). The van der Waals surface area contributed by atoms with Crippen LogP contribution >= 0.6 is 34.8 Å². The molecule has 0 bridgehead atoms. The second-order valence-electron chi connectivity index (χ2n) is 6.27. The van der Waals surface area contributed by atoms with Crippen LogP contribution in [0, 0.1) is 0 Å². The predicted octanol–water partition coefficient (Wildman–Crippen LogP) is 5.43. The van der Waals surface area contributed by atoms with E-state index >= 15 is 0 Å². The average molecular weight is 437 g/mol. The summed E-state index contributed by atoms with van der Waals surface area (Å²) < 4.78 is 0. The van der Waals surface area contributed by atoms with Crippen LogP contribution in [0.25, 0.3) is 6.08 Å². The van der Waals surface area contributed by atoms with Crippen molar-refractivity contribution < 1.29 is 4.79 Å². The van der Waals surface area contributed by atoms with E-state index in [-0.39, 0.29) is 5.91 Å². The van der Waals surface area contributed by atoms with Crippen LogP contribution in [0.5, 0.6) is 0 Å². The van der Waals surface area contributed by atoms with E-state index in [1.807, 2.05) is 49.4 Å². The molecule has 0 unspecified atom stereocenters. The summed E-state index contributed by atoms with van der Waals surface area (Å²) in [7, 11) is 0. The highest BCUT2D eigenvalue weighted by Crippen LogP contribution is 2.30. The predicted molar refractivity (Wildman–Crippen MR) is 120 cm³/mol. The number of benzene rings is 2. The molecule has 2 aromatic rings. The molecule has 0 saturated carbocycles. The first-order valence-corrected chi connectivity index (χ1v) is 10.3. The normalized spacial score (nSPS) is 15.3. The summed E-state index contributed by atoms with van der Waals surface area (Å²) in [5, 5.41) is 6.21. The molecule has 146 valence electrons. The molecule has 4 nitrogen and oxygen atoms in total. The lowest BCUT2D eigenvalue weighted by molar-refractivity contribution is -0.114. The second-order valence-corrected chi connectivity index (χ2v) is 7.43. The van der Waals surface area contributed by atoms with Gasteiger partial charge in [0.25, 0.3) is 5.91 Å².